The summed E-state index contributed by atoms with van der Waals surface area (Å²) < 4.78 is 0. The zero-order valence-corrected chi connectivity index (χ0v) is 20.8. The molecule has 0 aromatic heterocycles. The van der Waals surface area contributed by atoms with Crippen molar-refractivity contribution < 1.29 is 9.59 Å². The number of carbonyl (C=O) groups is 2. The Morgan fingerprint density at radius 2 is 1.65 bits per heavy atom. The molecule has 0 aliphatic carbocycles. The van der Waals surface area contributed by atoms with Gasteiger partial charge in [0.05, 0.1) is 5.75 Å². The van der Waals surface area contributed by atoms with Crippen molar-refractivity contribution in [2.24, 2.45) is 5.92 Å². The molecule has 2 amide bonds. The van der Waals surface area contributed by atoms with E-state index in [2.05, 4.69) is 5.32 Å². The molecule has 0 bridgehead atoms. The van der Waals surface area contributed by atoms with E-state index in [1.165, 1.54) is 11.8 Å². The molecule has 0 fully saturated rings. The lowest BCUT2D eigenvalue weighted by Crippen LogP contribution is -2.48. The van der Waals surface area contributed by atoms with Crippen molar-refractivity contribution in [3.8, 4) is 0 Å². The van der Waals surface area contributed by atoms with Gasteiger partial charge in [0.25, 0.3) is 0 Å². The monoisotopic (exact) mass is 480 g/mol. The zero-order chi connectivity index (χ0) is 23.0. The van der Waals surface area contributed by atoms with Crippen LogP contribution in [0.5, 0.6) is 0 Å². The summed E-state index contributed by atoms with van der Waals surface area (Å²) >= 11 is 13.9. The fraction of sp³-hybridized carbons (Fsp3) is 0.417. The number of benzene rings is 2. The van der Waals surface area contributed by atoms with Crippen LogP contribution in [0.4, 0.5) is 0 Å². The lowest BCUT2D eigenvalue weighted by Gasteiger charge is -2.29. The smallest absolute Gasteiger partial charge is 0.242 e. The molecule has 1 N–H and O–H groups in total. The van der Waals surface area contributed by atoms with Gasteiger partial charge in [-0.3, -0.25) is 9.59 Å². The Morgan fingerprint density at radius 3 is 2.23 bits per heavy atom. The summed E-state index contributed by atoms with van der Waals surface area (Å²) in [5, 5.41) is 4.11. The van der Waals surface area contributed by atoms with E-state index in [1.807, 2.05) is 45.0 Å². The minimum Gasteiger partial charge on any atom is -0.354 e. The number of rotatable bonds is 10. The van der Waals surface area contributed by atoms with Crippen LogP contribution in [-0.4, -0.2) is 35.1 Å². The predicted molar refractivity (Wildman–Crippen MR) is 132 cm³/mol. The van der Waals surface area contributed by atoms with E-state index in [0.29, 0.717) is 34.8 Å². The number of amides is 2. The third kappa shape index (κ3) is 8.06. The van der Waals surface area contributed by atoms with Crippen molar-refractivity contribution in [2.75, 3.05) is 12.3 Å². The third-order valence-electron chi connectivity index (χ3n) is 4.86. The molecule has 0 radical (unpaired) electrons. The minimum absolute atomic E-state index is 0.0963. The summed E-state index contributed by atoms with van der Waals surface area (Å²) in [6.07, 6.45) is 0. The first kappa shape index (κ1) is 25.6. The molecule has 0 saturated carbocycles. The molecule has 0 saturated heterocycles. The predicted octanol–water partition coefficient (Wildman–Crippen LogP) is 5.72. The molecule has 1 atom stereocenters. The van der Waals surface area contributed by atoms with Crippen LogP contribution in [0.25, 0.3) is 0 Å². The molecular weight excluding hydrogens is 451 g/mol. The Balaban J connectivity index is 2.09. The van der Waals surface area contributed by atoms with Gasteiger partial charge in [0.15, 0.2) is 0 Å². The van der Waals surface area contributed by atoms with E-state index in [1.54, 1.807) is 30.0 Å². The molecule has 0 unspecified atom stereocenters. The normalized spacial score (nSPS) is 12.0. The van der Waals surface area contributed by atoms with Crippen molar-refractivity contribution in [1.29, 1.82) is 0 Å². The van der Waals surface area contributed by atoms with Crippen LogP contribution in [0.3, 0.4) is 0 Å². The van der Waals surface area contributed by atoms with Crippen LogP contribution in [0.2, 0.25) is 10.0 Å². The lowest BCUT2D eigenvalue weighted by atomic mass is 10.1. The number of carbonyl (C=O) groups excluding carboxylic acids is 2. The van der Waals surface area contributed by atoms with Gasteiger partial charge in [0.1, 0.15) is 6.04 Å². The highest BCUT2D eigenvalue weighted by atomic mass is 35.5. The van der Waals surface area contributed by atoms with Gasteiger partial charge in [-0.1, -0.05) is 72.9 Å². The number of halogens is 2. The van der Waals surface area contributed by atoms with Crippen molar-refractivity contribution in [3.63, 3.8) is 0 Å². The van der Waals surface area contributed by atoms with E-state index < -0.39 is 6.04 Å². The Hall–Kier alpha value is -1.69. The quantitative estimate of drug-likeness (QED) is 0.472. The van der Waals surface area contributed by atoms with E-state index in [9.17, 15) is 9.59 Å². The van der Waals surface area contributed by atoms with E-state index in [0.717, 1.165) is 16.7 Å². The standard InChI is InChI=1S/C24H30Cl2N2O2S/c1-16(2)12-27-24(30)18(4)28(13-19-10-8-17(3)9-11-19)23(29)15-31-14-20-21(25)6-5-7-22(20)26/h5-11,16,18H,12-15H2,1-4H3,(H,27,30)/t18-/m1/s1. The summed E-state index contributed by atoms with van der Waals surface area (Å²) in [5.41, 5.74) is 2.95. The van der Waals surface area contributed by atoms with E-state index in [-0.39, 0.29) is 17.6 Å². The van der Waals surface area contributed by atoms with Crippen LogP contribution in [-0.2, 0) is 21.9 Å². The number of nitrogens with one attached hydrogen (secondary N) is 1. The largest absolute Gasteiger partial charge is 0.354 e. The van der Waals surface area contributed by atoms with Crippen LogP contribution in [0.15, 0.2) is 42.5 Å². The average Bonchev–Trinajstić information content (AvgIpc) is 2.73. The molecule has 31 heavy (non-hydrogen) atoms. The first-order valence-electron chi connectivity index (χ1n) is 10.3. The molecule has 4 nitrogen and oxygen atoms in total. The maximum Gasteiger partial charge on any atom is 0.242 e. The molecule has 2 rings (SSSR count). The number of aryl methyl sites for hydroxylation is 1. The molecule has 2 aromatic carbocycles. The molecular formula is C24H30Cl2N2O2S. The van der Waals surface area contributed by atoms with Gasteiger partial charge in [-0.05, 0) is 43.0 Å². The SMILES string of the molecule is Cc1ccc(CN(C(=O)CSCc2c(Cl)cccc2Cl)[C@H](C)C(=O)NCC(C)C)cc1. The maximum absolute atomic E-state index is 13.1. The second-order valence-corrected chi connectivity index (χ2v) is 9.82. The highest BCUT2D eigenvalue weighted by molar-refractivity contribution is 7.99. The van der Waals surface area contributed by atoms with Gasteiger partial charge in [0.2, 0.25) is 11.8 Å². The Kier molecular flexibility index (Phi) is 10.2. The maximum atomic E-state index is 13.1. The van der Waals surface area contributed by atoms with Gasteiger partial charge in [-0.2, -0.15) is 0 Å². The second-order valence-electron chi connectivity index (χ2n) is 8.02. The Labute approximate surface area is 199 Å². The molecule has 0 heterocycles. The molecule has 168 valence electrons. The highest BCUT2D eigenvalue weighted by Crippen LogP contribution is 2.28. The molecule has 0 spiro atoms. The number of hydrogen-bond acceptors (Lipinski definition) is 3. The van der Waals surface area contributed by atoms with Crippen LogP contribution in [0, 0.1) is 12.8 Å². The first-order valence-corrected chi connectivity index (χ1v) is 12.2. The van der Waals surface area contributed by atoms with Gasteiger partial charge in [-0.15, -0.1) is 11.8 Å². The number of nitrogens with zero attached hydrogens (tertiary/aromatic N) is 1. The van der Waals surface area contributed by atoms with Crippen LogP contribution < -0.4 is 5.32 Å². The van der Waals surface area contributed by atoms with Gasteiger partial charge >= 0.3 is 0 Å². The zero-order valence-electron chi connectivity index (χ0n) is 18.5. The van der Waals surface area contributed by atoms with E-state index >= 15 is 0 Å². The van der Waals surface area contributed by atoms with Crippen molar-refractivity contribution in [3.05, 3.63) is 69.2 Å². The summed E-state index contributed by atoms with van der Waals surface area (Å²) in [6.45, 7) is 8.83. The molecule has 0 aliphatic rings. The van der Waals surface area contributed by atoms with Gasteiger partial charge < -0.3 is 10.2 Å². The van der Waals surface area contributed by atoms with Crippen molar-refractivity contribution >= 4 is 46.8 Å². The van der Waals surface area contributed by atoms with Crippen LogP contribution >= 0.6 is 35.0 Å². The topological polar surface area (TPSA) is 49.4 Å². The third-order valence-corrected chi connectivity index (χ3v) is 6.51. The molecule has 7 heteroatoms. The summed E-state index contributed by atoms with van der Waals surface area (Å²) in [4.78, 5) is 27.4. The average molecular weight is 481 g/mol. The van der Waals surface area contributed by atoms with Gasteiger partial charge in [0, 0.05) is 28.9 Å². The Bertz CT molecular complexity index is 867. The fourth-order valence-corrected chi connectivity index (χ4v) is 4.57. The number of thioether (sulfide) groups is 1. The van der Waals surface area contributed by atoms with Crippen molar-refractivity contribution in [1.82, 2.24) is 10.2 Å². The summed E-state index contributed by atoms with van der Waals surface area (Å²) in [5.74, 6) is 0.855. The number of hydrogen-bond donors (Lipinski definition) is 1. The van der Waals surface area contributed by atoms with Crippen LogP contribution in [0.1, 0.15) is 37.5 Å². The van der Waals surface area contributed by atoms with Gasteiger partial charge in [-0.25, -0.2) is 0 Å². The molecule has 0 aliphatic heterocycles. The van der Waals surface area contributed by atoms with Crippen molar-refractivity contribution in [2.45, 2.75) is 46.0 Å². The summed E-state index contributed by atoms with van der Waals surface area (Å²) in [6, 6.07) is 12.8. The summed E-state index contributed by atoms with van der Waals surface area (Å²) in [7, 11) is 0. The minimum atomic E-state index is -0.572. The first-order chi connectivity index (χ1) is 14.7. The second kappa shape index (κ2) is 12.4. The van der Waals surface area contributed by atoms with E-state index in [4.69, 9.17) is 23.2 Å². The highest BCUT2D eigenvalue weighted by Gasteiger charge is 2.26. The fourth-order valence-electron chi connectivity index (χ4n) is 2.92. The lowest BCUT2D eigenvalue weighted by molar-refractivity contribution is -0.138. The molecule has 2 aromatic rings. The Morgan fingerprint density at radius 1 is 1.03 bits per heavy atom.